The van der Waals surface area contributed by atoms with Crippen molar-refractivity contribution in [2.45, 2.75) is 6.61 Å². The van der Waals surface area contributed by atoms with Gasteiger partial charge in [-0.1, -0.05) is 11.6 Å². The fourth-order valence-electron chi connectivity index (χ4n) is 1.99. The number of anilines is 1. The number of carbonyl (C=O) groups excluding carboxylic acids is 2. The third kappa shape index (κ3) is 4.57. The van der Waals surface area contributed by atoms with Crippen LogP contribution in [0, 0.1) is 0 Å². The molecule has 0 spiro atoms. The maximum atomic E-state index is 12.6. The van der Waals surface area contributed by atoms with Gasteiger partial charge >= 0.3 is 12.6 Å². The summed E-state index contributed by atoms with van der Waals surface area (Å²) in [5, 5.41) is 2.61. The summed E-state index contributed by atoms with van der Waals surface area (Å²) in [6.07, 6.45) is 1.22. The van der Waals surface area contributed by atoms with Crippen LogP contribution in [-0.2, 0) is 4.74 Å². The standard InChI is InChI=1S/C16H13ClF2N2O5/c1-24-11-5-9(15(23)25-2)10(6-12(11)26-16(18)19)21-14(22)8-3-4-13(17)20-7-8/h3-7,16H,1-2H3,(H,21,22). The van der Waals surface area contributed by atoms with E-state index in [0.717, 1.165) is 19.2 Å². The van der Waals surface area contributed by atoms with E-state index in [-0.39, 0.29) is 33.5 Å². The van der Waals surface area contributed by atoms with Crippen LogP contribution in [0.15, 0.2) is 30.5 Å². The van der Waals surface area contributed by atoms with Crippen molar-refractivity contribution in [1.29, 1.82) is 0 Å². The van der Waals surface area contributed by atoms with Gasteiger partial charge in [-0.2, -0.15) is 8.78 Å². The van der Waals surface area contributed by atoms with Crippen molar-refractivity contribution in [3.05, 3.63) is 46.7 Å². The quantitative estimate of drug-likeness (QED) is 0.605. The minimum absolute atomic E-state index is 0.103. The van der Waals surface area contributed by atoms with Crippen LogP contribution in [0.25, 0.3) is 0 Å². The number of nitrogens with one attached hydrogen (secondary N) is 1. The highest BCUT2D eigenvalue weighted by molar-refractivity contribution is 6.29. The first-order valence-corrected chi connectivity index (χ1v) is 7.41. The van der Waals surface area contributed by atoms with Crippen molar-refractivity contribution in [3.8, 4) is 11.5 Å². The molecule has 1 heterocycles. The third-order valence-electron chi connectivity index (χ3n) is 3.16. The normalized spacial score (nSPS) is 10.4. The number of amides is 1. The molecule has 0 fully saturated rings. The molecule has 10 heteroatoms. The van der Waals surface area contributed by atoms with Gasteiger partial charge in [-0.3, -0.25) is 4.79 Å². The van der Waals surface area contributed by atoms with Crippen molar-refractivity contribution in [1.82, 2.24) is 4.98 Å². The Balaban J connectivity index is 2.44. The van der Waals surface area contributed by atoms with Gasteiger partial charge < -0.3 is 19.5 Å². The van der Waals surface area contributed by atoms with E-state index in [1.165, 1.54) is 25.4 Å². The van der Waals surface area contributed by atoms with E-state index in [1.807, 2.05) is 0 Å². The molecule has 1 amide bonds. The van der Waals surface area contributed by atoms with Gasteiger partial charge in [0.05, 0.1) is 31.0 Å². The first kappa shape index (κ1) is 19.4. The lowest BCUT2D eigenvalue weighted by atomic mass is 10.1. The molecule has 0 radical (unpaired) electrons. The first-order valence-electron chi connectivity index (χ1n) is 7.03. The topological polar surface area (TPSA) is 86.8 Å². The molecule has 0 aliphatic rings. The molecular formula is C16H13ClF2N2O5. The summed E-state index contributed by atoms with van der Waals surface area (Å²) >= 11 is 5.66. The predicted molar refractivity (Wildman–Crippen MR) is 88.2 cm³/mol. The zero-order chi connectivity index (χ0) is 19.3. The minimum atomic E-state index is -3.13. The van der Waals surface area contributed by atoms with Gasteiger partial charge in [-0.15, -0.1) is 0 Å². The Morgan fingerprint density at radius 2 is 1.92 bits per heavy atom. The van der Waals surface area contributed by atoms with E-state index in [9.17, 15) is 18.4 Å². The molecule has 7 nitrogen and oxygen atoms in total. The number of ether oxygens (including phenoxy) is 3. The molecular weight excluding hydrogens is 374 g/mol. The number of hydrogen-bond acceptors (Lipinski definition) is 6. The number of hydrogen-bond donors (Lipinski definition) is 1. The lowest BCUT2D eigenvalue weighted by Gasteiger charge is -2.15. The van der Waals surface area contributed by atoms with Crippen molar-refractivity contribution in [2.75, 3.05) is 19.5 Å². The van der Waals surface area contributed by atoms with Crippen molar-refractivity contribution < 1.29 is 32.6 Å². The maximum absolute atomic E-state index is 12.6. The second-order valence-electron chi connectivity index (χ2n) is 4.74. The Bertz CT molecular complexity index is 815. The number of nitrogens with zero attached hydrogens (tertiary/aromatic N) is 1. The molecule has 2 aromatic rings. The minimum Gasteiger partial charge on any atom is -0.493 e. The zero-order valence-corrected chi connectivity index (χ0v) is 14.3. The van der Waals surface area contributed by atoms with E-state index in [1.54, 1.807) is 0 Å². The van der Waals surface area contributed by atoms with E-state index < -0.39 is 18.5 Å². The van der Waals surface area contributed by atoms with Gasteiger partial charge in [-0.25, -0.2) is 9.78 Å². The largest absolute Gasteiger partial charge is 0.493 e. The van der Waals surface area contributed by atoms with Crippen LogP contribution in [0.3, 0.4) is 0 Å². The number of carbonyl (C=O) groups is 2. The molecule has 1 aromatic heterocycles. The van der Waals surface area contributed by atoms with Gasteiger partial charge in [0.2, 0.25) is 0 Å². The Labute approximate surface area is 151 Å². The molecule has 26 heavy (non-hydrogen) atoms. The van der Waals surface area contributed by atoms with Crippen LogP contribution in [0.2, 0.25) is 5.15 Å². The van der Waals surface area contributed by atoms with E-state index in [4.69, 9.17) is 16.3 Å². The second kappa shape index (κ2) is 8.43. The predicted octanol–water partition coefficient (Wildman–Crippen LogP) is 3.38. The number of esters is 1. The average molecular weight is 387 g/mol. The van der Waals surface area contributed by atoms with Crippen LogP contribution < -0.4 is 14.8 Å². The fourth-order valence-corrected chi connectivity index (χ4v) is 2.11. The number of pyridine rings is 1. The van der Waals surface area contributed by atoms with Gasteiger partial charge in [0.1, 0.15) is 5.15 Å². The number of methoxy groups -OCH3 is 2. The molecule has 0 saturated heterocycles. The van der Waals surface area contributed by atoms with Crippen molar-refractivity contribution in [2.24, 2.45) is 0 Å². The highest BCUT2D eigenvalue weighted by Gasteiger charge is 2.21. The third-order valence-corrected chi connectivity index (χ3v) is 3.39. The summed E-state index contributed by atoms with van der Waals surface area (Å²) in [4.78, 5) is 28.0. The van der Waals surface area contributed by atoms with Crippen LogP contribution in [0.4, 0.5) is 14.5 Å². The highest BCUT2D eigenvalue weighted by atomic mass is 35.5. The average Bonchev–Trinajstić information content (AvgIpc) is 2.61. The summed E-state index contributed by atoms with van der Waals surface area (Å²) in [5.74, 6) is -1.94. The fraction of sp³-hybridized carbons (Fsp3) is 0.188. The Kier molecular flexibility index (Phi) is 6.29. The lowest BCUT2D eigenvalue weighted by molar-refractivity contribution is -0.0511. The zero-order valence-electron chi connectivity index (χ0n) is 13.6. The van der Waals surface area contributed by atoms with Crippen molar-refractivity contribution in [3.63, 3.8) is 0 Å². The summed E-state index contributed by atoms with van der Waals surface area (Å²) in [5.41, 5.74) is -0.0770. The van der Waals surface area contributed by atoms with Crippen LogP contribution in [0.5, 0.6) is 11.5 Å². The molecule has 0 atom stereocenters. The number of aromatic nitrogens is 1. The molecule has 0 bridgehead atoms. The van der Waals surface area contributed by atoms with Gasteiger partial charge in [0.25, 0.3) is 5.91 Å². The van der Waals surface area contributed by atoms with E-state index in [0.29, 0.717) is 0 Å². The molecule has 1 aromatic carbocycles. The summed E-state index contributed by atoms with van der Waals surface area (Å²) in [7, 11) is 2.35. The molecule has 0 aliphatic carbocycles. The summed E-state index contributed by atoms with van der Waals surface area (Å²) < 4.78 is 39.1. The second-order valence-corrected chi connectivity index (χ2v) is 5.13. The summed E-state index contributed by atoms with van der Waals surface area (Å²) in [6.45, 7) is -3.13. The summed E-state index contributed by atoms with van der Waals surface area (Å²) in [6, 6.07) is 4.97. The number of alkyl halides is 2. The molecule has 0 unspecified atom stereocenters. The first-order chi connectivity index (χ1) is 12.3. The lowest BCUT2D eigenvalue weighted by Crippen LogP contribution is -2.16. The monoisotopic (exact) mass is 386 g/mol. The molecule has 0 aliphatic heterocycles. The van der Waals surface area contributed by atoms with Crippen LogP contribution >= 0.6 is 11.6 Å². The van der Waals surface area contributed by atoms with E-state index in [2.05, 4.69) is 19.8 Å². The Hall–Kier alpha value is -2.94. The van der Waals surface area contributed by atoms with Gasteiger partial charge in [0.15, 0.2) is 11.5 Å². The van der Waals surface area contributed by atoms with Crippen molar-refractivity contribution >= 4 is 29.2 Å². The smallest absolute Gasteiger partial charge is 0.387 e. The van der Waals surface area contributed by atoms with Crippen LogP contribution in [-0.4, -0.2) is 37.7 Å². The highest BCUT2D eigenvalue weighted by Crippen LogP contribution is 2.35. The van der Waals surface area contributed by atoms with Crippen LogP contribution in [0.1, 0.15) is 20.7 Å². The number of halogens is 3. The molecule has 1 N–H and O–H groups in total. The number of rotatable bonds is 6. The maximum Gasteiger partial charge on any atom is 0.387 e. The molecule has 2 rings (SSSR count). The van der Waals surface area contributed by atoms with E-state index >= 15 is 0 Å². The Morgan fingerprint density at radius 1 is 1.19 bits per heavy atom. The number of benzene rings is 1. The SMILES string of the molecule is COC(=O)c1cc(OC)c(OC(F)F)cc1NC(=O)c1ccc(Cl)nc1. The molecule has 138 valence electrons. The molecule has 0 saturated carbocycles. The Morgan fingerprint density at radius 3 is 2.46 bits per heavy atom. The van der Waals surface area contributed by atoms with Gasteiger partial charge in [0, 0.05) is 18.3 Å². The van der Waals surface area contributed by atoms with Gasteiger partial charge in [-0.05, 0) is 12.1 Å².